The second-order valence-corrected chi connectivity index (χ2v) is 7.17. The van der Waals surface area contributed by atoms with Gasteiger partial charge in [0.05, 0.1) is 0 Å². The molecule has 1 aliphatic heterocycles. The standard InChI is InChI=1S/C18H19N5O2/c1-18(2)12-21(11-14(18)13-6-4-3-5-7-13)16-9-8-15-19-10-17(23(24)25)22(15)20-16/h3-10,14H,11-12H2,1-2H3. The summed E-state index contributed by atoms with van der Waals surface area (Å²) in [6, 6.07) is 14.1. The van der Waals surface area contributed by atoms with Crippen molar-refractivity contribution in [3.8, 4) is 0 Å². The Kier molecular flexibility index (Phi) is 3.45. The van der Waals surface area contributed by atoms with Gasteiger partial charge in [0.1, 0.15) is 6.20 Å². The molecule has 3 aromatic rings. The highest BCUT2D eigenvalue weighted by atomic mass is 16.6. The Morgan fingerprint density at radius 1 is 1.20 bits per heavy atom. The summed E-state index contributed by atoms with van der Waals surface area (Å²) in [5.74, 6) is 0.999. The molecule has 0 aliphatic carbocycles. The van der Waals surface area contributed by atoms with Crippen molar-refractivity contribution in [2.45, 2.75) is 19.8 Å². The first-order valence-corrected chi connectivity index (χ1v) is 8.25. The molecule has 2 aromatic heterocycles. The molecule has 7 nitrogen and oxygen atoms in total. The number of imidazole rings is 1. The summed E-state index contributed by atoms with van der Waals surface area (Å²) in [7, 11) is 0. The van der Waals surface area contributed by atoms with Crippen LogP contribution in [0.1, 0.15) is 25.3 Å². The van der Waals surface area contributed by atoms with Crippen molar-refractivity contribution in [1.29, 1.82) is 0 Å². The second kappa shape index (κ2) is 5.54. The van der Waals surface area contributed by atoms with Crippen LogP contribution >= 0.6 is 0 Å². The molecule has 4 rings (SSSR count). The van der Waals surface area contributed by atoms with Gasteiger partial charge in [0.25, 0.3) is 0 Å². The number of rotatable bonds is 3. The van der Waals surface area contributed by atoms with Crippen LogP contribution in [0.2, 0.25) is 0 Å². The molecule has 0 radical (unpaired) electrons. The Morgan fingerprint density at radius 2 is 1.96 bits per heavy atom. The Morgan fingerprint density at radius 3 is 2.68 bits per heavy atom. The molecule has 0 saturated carbocycles. The van der Waals surface area contributed by atoms with Crippen molar-refractivity contribution >= 4 is 17.3 Å². The van der Waals surface area contributed by atoms with Crippen LogP contribution in [-0.2, 0) is 0 Å². The summed E-state index contributed by atoms with van der Waals surface area (Å²) >= 11 is 0. The number of hydrogen-bond acceptors (Lipinski definition) is 5. The van der Waals surface area contributed by atoms with E-state index in [1.807, 2.05) is 12.1 Å². The quantitative estimate of drug-likeness (QED) is 0.541. The summed E-state index contributed by atoms with van der Waals surface area (Å²) in [6.45, 7) is 6.18. The monoisotopic (exact) mass is 337 g/mol. The van der Waals surface area contributed by atoms with Crippen LogP contribution in [0.25, 0.3) is 5.65 Å². The van der Waals surface area contributed by atoms with Gasteiger partial charge >= 0.3 is 5.82 Å². The predicted molar refractivity (Wildman–Crippen MR) is 94.8 cm³/mol. The Labute approximate surface area is 145 Å². The molecule has 1 aliphatic rings. The molecule has 0 N–H and O–H groups in total. The van der Waals surface area contributed by atoms with Crippen LogP contribution in [0.15, 0.2) is 48.7 Å². The largest absolute Gasteiger partial charge is 0.368 e. The average molecular weight is 337 g/mol. The Bertz CT molecular complexity index is 935. The molecule has 0 bridgehead atoms. The van der Waals surface area contributed by atoms with Crippen molar-refractivity contribution in [2.24, 2.45) is 5.41 Å². The van der Waals surface area contributed by atoms with E-state index in [1.165, 1.54) is 16.3 Å². The number of hydrogen-bond donors (Lipinski definition) is 0. The zero-order valence-corrected chi connectivity index (χ0v) is 14.2. The molecular weight excluding hydrogens is 318 g/mol. The third-order valence-corrected chi connectivity index (χ3v) is 4.99. The predicted octanol–water partition coefficient (Wildman–Crippen LogP) is 3.27. The van der Waals surface area contributed by atoms with Crippen molar-refractivity contribution < 1.29 is 4.92 Å². The number of anilines is 1. The minimum absolute atomic E-state index is 0.0822. The lowest BCUT2D eigenvalue weighted by molar-refractivity contribution is -0.391. The molecule has 1 aromatic carbocycles. The Hall–Kier alpha value is -2.96. The molecule has 0 spiro atoms. The van der Waals surface area contributed by atoms with Gasteiger partial charge in [-0.2, -0.15) is 0 Å². The first kappa shape index (κ1) is 15.6. The van der Waals surface area contributed by atoms with E-state index in [-0.39, 0.29) is 11.2 Å². The van der Waals surface area contributed by atoms with E-state index >= 15 is 0 Å². The normalized spacial score (nSPS) is 19.4. The number of benzene rings is 1. The third kappa shape index (κ3) is 2.61. The SMILES string of the molecule is CC1(C)CN(c2ccc3ncc([N+](=O)[O-])n3n2)CC1c1ccccc1. The van der Waals surface area contributed by atoms with E-state index in [0.29, 0.717) is 11.6 Å². The molecular formula is C18H19N5O2. The lowest BCUT2D eigenvalue weighted by Gasteiger charge is -2.25. The lowest BCUT2D eigenvalue weighted by Crippen LogP contribution is -2.24. The van der Waals surface area contributed by atoms with Crippen LogP contribution in [0, 0.1) is 15.5 Å². The average Bonchev–Trinajstić information content (AvgIpc) is 3.15. The fourth-order valence-corrected chi connectivity index (χ4v) is 3.70. The maximum Gasteiger partial charge on any atom is 0.368 e. The molecule has 1 unspecified atom stereocenters. The second-order valence-electron chi connectivity index (χ2n) is 7.17. The maximum atomic E-state index is 11.1. The molecule has 3 heterocycles. The van der Waals surface area contributed by atoms with Crippen LogP contribution in [-0.4, -0.2) is 32.6 Å². The zero-order valence-electron chi connectivity index (χ0n) is 14.2. The zero-order chi connectivity index (χ0) is 17.6. The van der Waals surface area contributed by atoms with Gasteiger partial charge in [-0.15, -0.1) is 0 Å². The third-order valence-electron chi connectivity index (χ3n) is 4.99. The van der Waals surface area contributed by atoms with Gasteiger partial charge in [-0.1, -0.05) is 53.8 Å². The minimum Gasteiger partial charge on any atom is -0.358 e. The summed E-state index contributed by atoms with van der Waals surface area (Å²) in [5, 5.41) is 15.6. The van der Waals surface area contributed by atoms with Crippen molar-refractivity contribution in [3.63, 3.8) is 0 Å². The van der Waals surface area contributed by atoms with E-state index in [9.17, 15) is 10.1 Å². The summed E-state index contributed by atoms with van der Waals surface area (Å²) in [6.07, 6.45) is 1.24. The Balaban J connectivity index is 1.70. The van der Waals surface area contributed by atoms with E-state index in [1.54, 1.807) is 6.07 Å². The highest BCUT2D eigenvalue weighted by Crippen LogP contribution is 2.43. The van der Waals surface area contributed by atoms with Crippen molar-refractivity contribution in [1.82, 2.24) is 14.6 Å². The van der Waals surface area contributed by atoms with Gasteiger partial charge in [-0.05, 0) is 22.0 Å². The van der Waals surface area contributed by atoms with Gasteiger partial charge in [-0.25, -0.2) is 4.98 Å². The molecule has 7 heteroatoms. The fraction of sp³-hybridized carbons (Fsp3) is 0.333. The molecule has 1 saturated heterocycles. The molecule has 0 amide bonds. The minimum atomic E-state index is -0.461. The molecule has 128 valence electrons. The molecule has 1 fully saturated rings. The van der Waals surface area contributed by atoms with Crippen LogP contribution in [0.4, 0.5) is 11.6 Å². The molecule has 1 atom stereocenters. The number of nitro groups is 1. The van der Waals surface area contributed by atoms with Gasteiger partial charge in [0, 0.05) is 25.1 Å². The van der Waals surface area contributed by atoms with Gasteiger partial charge in [0.2, 0.25) is 5.65 Å². The van der Waals surface area contributed by atoms with Crippen LogP contribution in [0.5, 0.6) is 0 Å². The lowest BCUT2D eigenvalue weighted by atomic mass is 9.78. The maximum absolute atomic E-state index is 11.1. The highest BCUT2D eigenvalue weighted by Gasteiger charge is 2.41. The van der Waals surface area contributed by atoms with E-state index in [0.717, 1.165) is 18.9 Å². The van der Waals surface area contributed by atoms with Gasteiger partial charge < -0.3 is 15.0 Å². The summed E-state index contributed by atoms with van der Waals surface area (Å²) < 4.78 is 1.30. The van der Waals surface area contributed by atoms with Crippen LogP contribution in [0.3, 0.4) is 0 Å². The summed E-state index contributed by atoms with van der Waals surface area (Å²) in [5.41, 5.74) is 1.87. The first-order chi connectivity index (χ1) is 12.0. The van der Waals surface area contributed by atoms with E-state index in [4.69, 9.17) is 0 Å². The number of nitrogens with zero attached hydrogens (tertiary/aromatic N) is 5. The first-order valence-electron chi connectivity index (χ1n) is 8.25. The van der Waals surface area contributed by atoms with E-state index < -0.39 is 4.92 Å². The van der Waals surface area contributed by atoms with Gasteiger partial charge in [-0.3, -0.25) is 0 Å². The van der Waals surface area contributed by atoms with E-state index in [2.05, 4.69) is 53.1 Å². The topological polar surface area (TPSA) is 76.6 Å². The van der Waals surface area contributed by atoms with Crippen LogP contribution < -0.4 is 4.90 Å². The molecule has 25 heavy (non-hydrogen) atoms. The van der Waals surface area contributed by atoms with Crippen molar-refractivity contribution in [2.75, 3.05) is 18.0 Å². The smallest absolute Gasteiger partial charge is 0.358 e. The van der Waals surface area contributed by atoms with Gasteiger partial charge in [0.15, 0.2) is 5.82 Å². The fourth-order valence-electron chi connectivity index (χ4n) is 3.70. The number of fused-ring (bicyclic) bond motifs is 1. The summed E-state index contributed by atoms with van der Waals surface area (Å²) in [4.78, 5) is 16.9. The highest BCUT2D eigenvalue weighted by molar-refractivity contribution is 5.50. The number of aromatic nitrogens is 3. The van der Waals surface area contributed by atoms with Crippen molar-refractivity contribution in [3.05, 3.63) is 64.3 Å².